The van der Waals surface area contributed by atoms with Crippen LogP contribution >= 0.6 is 0 Å². The van der Waals surface area contributed by atoms with E-state index in [2.05, 4.69) is 12.2 Å². The first-order valence-electron chi connectivity index (χ1n) is 4.85. The molecule has 1 saturated carbocycles. The van der Waals surface area contributed by atoms with Crippen LogP contribution in [-0.2, 0) is 4.79 Å². The van der Waals surface area contributed by atoms with E-state index < -0.39 is 5.60 Å². The van der Waals surface area contributed by atoms with Gasteiger partial charge < -0.3 is 10.4 Å². The molecule has 1 amide bonds. The van der Waals surface area contributed by atoms with Crippen molar-refractivity contribution in [1.82, 2.24) is 5.32 Å². The van der Waals surface area contributed by atoms with Crippen molar-refractivity contribution in [1.29, 1.82) is 0 Å². The maximum absolute atomic E-state index is 11.5. The molecule has 3 heteroatoms. The van der Waals surface area contributed by atoms with Gasteiger partial charge in [0.25, 0.3) is 0 Å². The van der Waals surface area contributed by atoms with Crippen molar-refractivity contribution in [3.8, 4) is 0 Å². The lowest BCUT2D eigenvalue weighted by atomic mass is 10.0. The van der Waals surface area contributed by atoms with Gasteiger partial charge in [-0.25, -0.2) is 0 Å². The Morgan fingerprint density at radius 1 is 1.62 bits per heavy atom. The van der Waals surface area contributed by atoms with Crippen molar-refractivity contribution in [2.24, 2.45) is 11.8 Å². The Kier molecular flexibility index (Phi) is 2.66. The van der Waals surface area contributed by atoms with Crippen LogP contribution in [0.25, 0.3) is 0 Å². The predicted octanol–water partition coefficient (Wildman–Crippen LogP) is 0.918. The third kappa shape index (κ3) is 2.69. The van der Waals surface area contributed by atoms with Crippen LogP contribution in [0.4, 0.5) is 0 Å². The van der Waals surface area contributed by atoms with Crippen molar-refractivity contribution in [3.63, 3.8) is 0 Å². The van der Waals surface area contributed by atoms with Gasteiger partial charge in [-0.1, -0.05) is 6.92 Å². The second-order valence-electron chi connectivity index (χ2n) is 4.70. The number of carbonyl (C=O) groups excluding carboxylic acids is 1. The average Bonchev–Trinajstić information content (AvgIpc) is 2.64. The number of amides is 1. The topological polar surface area (TPSA) is 49.3 Å². The van der Waals surface area contributed by atoms with Gasteiger partial charge in [0.1, 0.15) is 0 Å². The Hall–Kier alpha value is -0.570. The van der Waals surface area contributed by atoms with Crippen LogP contribution in [0, 0.1) is 11.8 Å². The first-order valence-corrected chi connectivity index (χ1v) is 4.85. The fraction of sp³-hybridized carbons (Fsp3) is 0.900. The quantitative estimate of drug-likeness (QED) is 0.687. The Morgan fingerprint density at radius 2 is 2.08 bits per heavy atom. The number of rotatable bonds is 3. The van der Waals surface area contributed by atoms with E-state index in [1.165, 1.54) is 0 Å². The summed E-state index contributed by atoms with van der Waals surface area (Å²) in [7, 11) is 0. The third-order valence-electron chi connectivity index (χ3n) is 2.86. The molecular weight excluding hydrogens is 166 g/mol. The minimum Gasteiger partial charge on any atom is -0.388 e. The van der Waals surface area contributed by atoms with Crippen LogP contribution in [-0.4, -0.2) is 22.7 Å². The van der Waals surface area contributed by atoms with Gasteiger partial charge >= 0.3 is 0 Å². The van der Waals surface area contributed by atoms with Crippen molar-refractivity contribution >= 4 is 5.91 Å². The molecule has 76 valence electrons. The first-order chi connectivity index (χ1) is 5.82. The summed E-state index contributed by atoms with van der Waals surface area (Å²) < 4.78 is 0. The molecule has 1 aliphatic carbocycles. The zero-order chi connectivity index (χ0) is 10.2. The van der Waals surface area contributed by atoms with Gasteiger partial charge in [-0.3, -0.25) is 4.79 Å². The SMILES string of the molecule is CC(NC(=O)[C@H]1C[C@@H]1C)C(C)(C)O. The van der Waals surface area contributed by atoms with E-state index in [-0.39, 0.29) is 17.9 Å². The van der Waals surface area contributed by atoms with Crippen LogP contribution in [0.2, 0.25) is 0 Å². The molecule has 0 saturated heterocycles. The smallest absolute Gasteiger partial charge is 0.223 e. The summed E-state index contributed by atoms with van der Waals surface area (Å²) in [5.74, 6) is 0.793. The Labute approximate surface area is 79.5 Å². The predicted molar refractivity (Wildman–Crippen MR) is 51.2 cm³/mol. The molecule has 0 aromatic carbocycles. The molecule has 0 heterocycles. The Balaban J connectivity index is 2.36. The number of carbonyl (C=O) groups is 1. The number of aliphatic hydroxyl groups is 1. The maximum atomic E-state index is 11.5. The molecule has 3 nitrogen and oxygen atoms in total. The van der Waals surface area contributed by atoms with Crippen LogP contribution in [0.15, 0.2) is 0 Å². The number of hydrogen-bond donors (Lipinski definition) is 2. The van der Waals surface area contributed by atoms with Crippen molar-refractivity contribution in [3.05, 3.63) is 0 Å². The highest BCUT2D eigenvalue weighted by Crippen LogP contribution is 2.37. The summed E-state index contributed by atoms with van der Waals surface area (Å²) in [4.78, 5) is 11.5. The van der Waals surface area contributed by atoms with E-state index >= 15 is 0 Å². The summed E-state index contributed by atoms with van der Waals surface area (Å²) in [6.07, 6.45) is 0.990. The van der Waals surface area contributed by atoms with Crippen molar-refractivity contribution in [2.45, 2.75) is 45.8 Å². The largest absolute Gasteiger partial charge is 0.388 e. The van der Waals surface area contributed by atoms with Crippen LogP contribution in [0.1, 0.15) is 34.1 Å². The van der Waals surface area contributed by atoms with E-state index in [4.69, 9.17) is 0 Å². The summed E-state index contributed by atoms with van der Waals surface area (Å²) in [6.45, 7) is 7.30. The van der Waals surface area contributed by atoms with Gasteiger partial charge in [0, 0.05) is 5.92 Å². The Morgan fingerprint density at radius 3 is 2.38 bits per heavy atom. The molecule has 0 spiro atoms. The van der Waals surface area contributed by atoms with Crippen LogP contribution in [0.5, 0.6) is 0 Å². The molecule has 0 radical (unpaired) electrons. The molecule has 1 fully saturated rings. The van der Waals surface area contributed by atoms with Crippen molar-refractivity contribution in [2.75, 3.05) is 0 Å². The summed E-state index contributed by atoms with van der Waals surface area (Å²) >= 11 is 0. The molecule has 1 rings (SSSR count). The van der Waals surface area contributed by atoms with Crippen LogP contribution in [0.3, 0.4) is 0 Å². The molecule has 2 N–H and O–H groups in total. The second kappa shape index (κ2) is 3.29. The Bertz CT molecular complexity index is 207. The highest BCUT2D eigenvalue weighted by Gasteiger charge is 2.40. The fourth-order valence-corrected chi connectivity index (χ4v) is 1.18. The van der Waals surface area contributed by atoms with Gasteiger partial charge in [-0.2, -0.15) is 0 Å². The molecule has 0 aromatic rings. The molecule has 1 aliphatic rings. The maximum Gasteiger partial charge on any atom is 0.223 e. The summed E-state index contributed by atoms with van der Waals surface area (Å²) in [5.41, 5.74) is -0.839. The lowest BCUT2D eigenvalue weighted by Crippen LogP contribution is -2.47. The number of hydrogen-bond acceptors (Lipinski definition) is 2. The normalized spacial score (nSPS) is 29.6. The highest BCUT2D eigenvalue weighted by atomic mass is 16.3. The number of nitrogens with one attached hydrogen (secondary N) is 1. The van der Waals surface area contributed by atoms with Crippen LogP contribution < -0.4 is 5.32 Å². The van der Waals surface area contributed by atoms with E-state index in [0.29, 0.717) is 5.92 Å². The van der Waals surface area contributed by atoms with Crippen molar-refractivity contribution < 1.29 is 9.90 Å². The minimum absolute atomic E-state index is 0.0853. The average molecular weight is 185 g/mol. The molecular formula is C10H19NO2. The monoisotopic (exact) mass is 185 g/mol. The third-order valence-corrected chi connectivity index (χ3v) is 2.86. The van der Waals surface area contributed by atoms with Gasteiger partial charge in [0.05, 0.1) is 11.6 Å². The lowest BCUT2D eigenvalue weighted by Gasteiger charge is -2.26. The van der Waals surface area contributed by atoms with Gasteiger partial charge in [-0.15, -0.1) is 0 Å². The van der Waals surface area contributed by atoms with E-state index in [1.807, 2.05) is 6.92 Å². The highest BCUT2D eigenvalue weighted by molar-refractivity contribution is 5.81. The molecule has 3 atom stereocenters. The first kappa shape index (κ1) is 10.5. The molecule has 0 bridgehead atoms. The van der Waals surface area contributed by atoms with Gasteiger partial charge in [-0.05, 0) is 33.1 Å². The van der Waals surface area contributed by atoms with E-state index in [9.17, 15) is 9.90 Å². The minimum atomic E-state index is -0.839. The summed E-state index contributed by atoms with van der Waals surface area (Å²) in [6, 6.07) is -0.187. The van der Waals surface area contributed by atoms with Gasteiger partial charge in [0.2, 0.25) is 5.91 Å². The second-order valence-corrected chi connectivity index (χ2v) is 4.70. The fourth-order valence-electron chi connectivity index (χ4n) is 1.18. The molecule has 1 unspecified atom stereocenters. The molecule has 13 heavy (non-hydrogen) atoms. The zero-order valence-corrected chi connectivity index (χ0v) is 8.79. The lowest BCUT2D eigenvalue weighted by molar-refractivity contribution is -0.124. The van der Waals surface area contributed by atoms with E-state index in [0.717, 1.165) is 6.42 Å². The molecule has 0 aliphatic heterocycles. The summed E-state index contributed by atoms with van der Waals surface area (Å²) in [5, 5.41) is 12.4. The van der Waals surface area contributed by atoms with E-state index in [1.54, 1.807) is 13.8 Å². The van der Waals surface area contributed by atoms with Gasteiger partial charge in [0.15, 0.2) is 0 Å². The standard InChI is InChI=1S/C10H19NO2/c1-6-5-8(6)9(12)11-7(2)10(3,4)13/h6-8,13H,5H2,1-4H3,(H,11,12)/t6-,7?,8-/m0/s1. The molecule has 0 aromatic heterocycles. The zero-order valence-electron chi connectivity index (χ0n) is 8.79.